The van der Waals surface area contributed by atoms with Crippen molar-refractivity contribution in [1.82, 2.24) is 9.97 Å². The number of hydrogen-bond acceptors (Lipinski definition) is 6. The number of aryl methyl sites for hydroxylation is 1. The fourth-order valence-corrected chi connectivity index (χ4v) is 4.04. The average molecular weight is 424 g/mol. The summed E-state index contributed by atoms with van der Waals surface area (Å²) in [4.78, 5) is 58.5. The number of nitrogens with one attached hydrogen (secondary N) is 3. The molecule has 0 aliphatic carbocycles. The maximum absolute atomic E-state index is 12.9. The van der Waals surface area contributed by atoms with Gasteiger partial charge in [0.15, 0.2) is 0 Å². The number of fused-ring (bicyclic) bond motifs is 1. The topological polar surface area (TPSA) is 150 Å². The molecule has 1 atom stereocenters. The Hall–Kier alpha value is -3.69. The minimum absolute atomic E-state index is 0.0944. The van der Waals surface area contributed by atoms with Gasteiger partial charge in [0.25, 0.3) is 5.56 Å². The van der Waals surface area contributed by atoms with Crippen LogP contribution in [0.25, 0.3) is 0 Å². The number of piperidine rings is 1. The monoisotopic (exact) mass is 424 g/mol. The zero-order valence-electron chi connectivity index (χ0n) is 17.1. The number of anilines is 3. The Morgan fingerprint density at radius 1 is 1.19 bits per heavy atom. The van der Waals surface area contributed by atoms with Crippen molar-refractivity contribution in [3.05, 3.63) is 45.7 Å². The van der Waals surface area contributed by atoms with Gasteiger partial charge in [-0.2, -0.15) is 4.98 Å². The first-order valence-corrected chi connectivity index (χ1v) is 10.2. The summed E-state index contributed by atoms with van der Waals surface area (Å²) in [5.74, 6) is -1.91. The van der Waals surface area contributed by atoms with Crippen molar-refractivity contribution < 1.29 is 14.4 Å². The van der Waals surface area contributed by atoms with E-state index >= 15 is 0 Å². The van der Waals surface area contributed by atoms with Crippen molar-refractivity contribution in [3.63, 3.8) is 0 Å². The smallest absolute Gasteiger partial charge is 0.258 e. The molecule has 4 rings (SSSR count). The van der Waals surface area contributed by atoms with Gasteiger partial charge in [-0.05, 0) is 31.4 Å². The number of rotatable bonds is 4. The van der Waals surface area contributed by atoms with Gasteiger partial charge in [-0.25, -0.2) is 0 Å². The fourth-order valence-electron chi connectivity index (χ4n) is 4.04. The molecule has 0 spiro atoms. The van der Waals surface area contributed by atoms with Gasteiger partial charge in [-0.1, -0.05) is 18.2 Å². The minimum atomic E-state index is -0.950. The molecule has 2 aromatic rings. The Labute approximate surface area is 178 Å². The Morgan fingerprint density at radius 2 is 1.90 bits per heavy atom. The van der Waals surface area contributed by atoms with Crippen LogP contribution in [0.1, 0.15) is 36.3 Å². The fraction of sp³-hybridized carbons (Fsp3) is 0.381. The number of para-hydroxylation sites is 1. The largest absolute Gasteiger partial charge is 0.369 e. The Bertz CT molecular complexity index is 1100. The van der Waals surface area contributed by atoms with E-state index in [9.17, 15) is 19.2 Å². The first-order valence-electron chi connectivity index (χ1n) is 10.2. The van der Waals surface area contributed by atoms with Crippen LogP contribution >= 0.6 is 0 Å². The summed E-state index contributed by atoms with van der Waals surface area (Å²) < 4.78 is 0. The molecule has 0 unspecified atom stereocenters. The summed E-state index contributed by atoms with van der Waals surface area (Å²) in [5, 5.41) is 5.42. The van der Waals surface area contributed by atoms with Gasteiger partial charge in [-0.3, -0.25) is 24.2 Å². The van der Waals surface area contributed by atoms with Crippen LogP contribution in [0.5, 0.6) is 0 Å². The van der Waals surface area contributed by atoms with E-state index in [0.717, 1.165) is 5.56 Å². The summed E-state index contributed by atoms with van der Waals surface area (Å²) in [6.07, 6.45) is 0.979. The Balaban J connectivity index is 1.60. The van der Waals surface area contributed by atoms with E-state index in [1.807, 2.05) is 24.0 Å². The first kappa shape index (κ1) is 20.6. The molecule has 31 heavy (non-hydrogen) atoms. The average Bonchev–Trinajstić information content (AvgIpc) is 2.74. The summed E-state index contributed by atoms with van der Waals surface area (Å²) >= 11 is 0. The first-order chi connectivity index (χ1) is 14.8. The van der Waals surface area contributed by atoms with Crippen LogP contribution in [0.4, 0.5) is 17.5 Å². The van der Waals surface area contributed by atoms with Crippen LogP contribution in [0, 0.1) is 12.8 Å². The van der Waals surface area contributed by atoms with Crippen molar-refractivity contribution in [1.29, 1.82) is 0 Å². The molecule has 1 fully saturated rings. The molecular formula is C21H24N6O4. The van der Waals surface area contributed by atoms with E-state index in [-0.39, 0.29) is 35.5 Å². The van der Waals surface area contributed by atoms with Crippen LogP contribution < -0.4 is 26.8 Å². The molecule has 162 valence electrons. The van der Waals surface area contributed by atoms with Gasteiger partial charge >= 0.3 is 0 Å². The van der Waals surface area contributed by atoms with Crippen LogP contribution in [0.15, 0.2) is 29.1 Å². The standard InChI is InChI=1S/C21H24N6O4/c1-11-4-2-3-5-14(11)23-19(30)13-10-15(28)24-18-16(13)20(31)26-21(25-18)27-8-6-12(7-9-27)17(22)29/h2-5,12-13H,6-10H2,1H3,(H2,22,29)(H,23,30)(H2,24,25,26,28,31)/t13-/m1/s1. The molecule has 3 heterocycles. The van der Waals surface area contributed by atoms with Crippen LogP contribution in [-0.2, 0) is 14.4 Å². The molecule has 2 aliphatic rings. The second kappa shape index (κ2) is 8.21. The number of benzene rings is 1. The predicted octanol–water partition coefficient (Wildman–Crippen LogP) is 0.845. The third-order valence-corrected chi connectivity index (χ3v) is 5.85. The number of primary amides is 1. The molecule has 10 heteroatoms. The highest BCUT2D eigenvalue weighted by molar-refractivity contribution is 6.04. The van der Waals surface area contributed by atoms with E-state index in [4.69, 9.17) is 5.73 Å². The second-order valence-electron chi connectivity index (χ2n) is 7.92. The van der Waals surface area contributed by atoms with Gasteiger partial charge in [0.1, 0.15) is 5.82 Å². The molecule has 0 saturated carbocycles. The van der Waals surface area contributed by atoms with E-state index in [1.54, 1.807) is 12.1 Å². The molecule has 3 amide bonds. The lowest BCUT2D eigenvalue weighted by Gasteiger charge is -2.32. The molecule has 0 bridgehead atoms. The minimum Gasteiger partial charge on any atom is -0.369 e. The number of nitrogens with zero attached hydrogens (tertiary/aromatic N) is 2. The number of aromatic nitrogens is 2. The van der Waals surface area contributed by atoms with E-state index < -0.39 is 17.4 Å². The lowest BCUT2D eigenvalue weighted by Crippen LogP contribution is -2.41. The normalized spacial score (nSPS) is 18.8. The summed E-state index contributed by atoms with van der Waals surface area (Å²) in [5.41, 5.74) is 6.54. The SMILES string of the molecule is Cc1ccccc1NC(=O)[C@@H]1CC(=O)Nc2nc(N3CCC(C(N)=O)CC3)[nH]c(=O)c21. The zero-order chi connectivity index (χ0) is 22.1. The van der Waals surface area contributed by atoms with Crippen LogP contribution in [-0.4, -0.2) is 40.8 Å². The van der Waals surface area contributed by atoms with Crippen molar-refractivity contribution >= 4 is 35.2 Å². The summed E-state index contributed by atoms with van der Waals surface area (Å²) in [6.45, 7) is 2.86. The summed E-state index contributed by atoms with van der Waals surface area (Å²) in [6, 6.07) is 7.28. The number of carbonyl (C=O) groups excluding carboxylic acids is 3. The third-order valence-electron chi connectivity index (χ3n) is 5.85. The highest BCUT2D eigenvalue weighted by Crippen LogP contribution is 2.31. The zero-order valence-corrected chi connectivity index (χ0v) is 17.1. The molecule has 1 saturated heterocycles. The number of nitrogens with two attached hydrogens (primary N) is 1. The quantitative estimate of drug-likeness (QED) is 0.571. The lowest BCUT2D eigenvalue weighted by molar-refractivity contribution is -0.123. The second-order valence-corrected chi connectivity index (χ2v) is 7.92. The molecule has 10 nitrogen and oxygen atoms in total. The molecule has 2 aliphatic heterocycles. The van der Waals surface area contributed by atoms with Crippen molar-refractivity contribution in [2.75, 3.05) is 28.6 Å². The van der Waals surface area contributed by atoms with Gasteiger partial charge < -0.3 is 21.3 Å². The number of carbonyl (C=O) groups is 3. The molecule has 0 radical (unpaired) electrons. The maximum Gasteiger partial charge on any atom is 0.258 e. The predicted molar refractivity (Wildman–Crippen MR) is 115 cm³/mol. The van der Waals surface area contributed by atoms with Crippen LogP contribution in [0.2, 0.25) is 0 Å². The molecule has 1 aromatic heterocycles. The third kappa shape index (κ3) is 4.14. The lowest BCUT2D eigenvalue weighted by atomic mass is 9.92. The van der Waals surface area contributed by atoms with E-state index in [1.165, 1.54) is 0 Å². The molecule has 1 aromatic carbocycles. The Kier molecular flexibility index (Phi) is 5.45. The number of hydrogen-bond donors (Lipinski definition) is 4. The summed E-state index contributed by atoms with van der Waals surface area (Å²) in [7, 11) is 0. The highest BCUT2D eigenvalue weighted by atomic mass is 16.2. The number of amides is 3. The number of H-pyrrole nitrogens is 1. The van der Waals surface area contributed by atoms with Crippen LogP contribution in [0.3, 0.4) is 0 Å². The van der Waals surface area contributed by atoms with Gasteiger partial charge in [-0.15, -0.1) is 0 Å². The van der Waals surface area contributed by atoms with E-state index in [0.29, 0.717) is 37.6 Å². The molecular weight excluding hydrogens is 400 g/mol. The van der Waals surface area contributed by atoms with Gasteiger partial charge in [0.05, 0.1) is 11.5 Å². The van der Waals surface area contributed by atoms with Crippen molar-refractivity contribution in [2.45, 2.75) is 32.1 Å². The van der Waals surface area contributed by atoms with E-state index in [2.05, 4.69) is 20.6 Å². The van der Waals surface area contributed by atoms with Gasteiger partial charge in [0, 0.05) is 31.1 Å². The van der Waals surface area contributed by atoms with Crippen molar-refractivity contribution in [3.8, 4) is 0 Å². The van der Waals surface area contributed by atoms with Gasteiger partial charge in [0.2, 0.25) is 23.7 Å². The van der Waals surface area contributed by atoms with Crippen molar-refractivity contribution in [2.24, 2.45) is 11.7 Å². The highest BCUT2D eigenvalue weighted by Gasteiger charge is 2.35. The molecule has 5 N–H and O–H groups in total. The maximum atomic E-state index is 12.9. The number of aromatic amines is 1. The Morgan fingerprint density at radius 3 is 2.58 bits per heavy atom.